The second-order valence-electron chi connectivity index (χ2n) is 6.72. The third kappa shape index (κ3) is 3.79. The zero-order chi connectivity index (χ0) is 18.7. The molecule has 0 amide bonds. The van der Waals surface area contributed by atoms with Gasteiger partial charge in [-0.2, -0.15) is 5.10 Å². The number of fused-ring (bicyclic) bond motifs is 1. The van der Waals surface area contributed by atoms with E-state index < -0.39 is 0 Å². The number of rotatable bonds is 6. The van der Waals surface area contributed by atoms with Gasteiger partial charge in [0.25, 0.3) is 0 Å². The van der Waals surface area contributed by atoms with Crippen molar-refractivity contribution in [2.45, 2.75) is 32.3 Å². The minimum Gasteiger partial charge on any atom is -0.496 e. The van der Waals surface area contributed by atoms with E-state index in [9.17, 15) is 0 Å². The molecule has 26 heavy (non-hydrogen) atoms. The summed E-state index contributed by atoms with van der Waals surface area (Å²) in [5, 5.41) is 11.6. The second kappa shape index (κ2) is 7.56. The normalized spacial score (nSPS) is 11.7. The molecular weight excluding hydrogens is 350 g/mol. The van der Waals surface area contributed by atoms with Gasteiger partial charge in [0.05, 0.1) is 18.4 Å². The van der Waals surface area contributed by atoms with Crippen LogP contribution in [0.4, 0.5) is 0 Å². The van der Waals surface area contributed by atoms with E-state index in [1.54, 1.807) is 26.5 Å². The Morgan fingerprint density at radius 1 is 1.08 bits per heavy atom. The average Bonchev–Trinajstić information content (AvgIpc) is 2.66. The summed E-state index contributed by atoms with van der Waals surface area (Å²) in [5.41, 5.74) is 2.30. The lowest BCUT2D eigenvalue weighted by Gasteiger charge is -2.22. The predicted octanol–water partition coefficient (Wildman–Crippen LogP) is 4.71. The molecule has 1 aromatic carbocycles. The van der Waals surface area contributed by atoms with E-state index in [4.69, 9.17) is 21.1 Å². The lowest BCUT2D eigenvalue weighted by atomic mass is 9.98. The van der Waals surface area contributed by atoms with Gasteiger partial charge in [0.1, 0.15) is 11.4 Å². The Morgan fingerprint density at radius 2 is 1.88 bits per heavy atom. The van der Waals surface area contributed by atoms with Gasteiger partial charge in [-0.15, -0.1) is 5.10 Å². The monoisotopic (exact) mass is 371 g/mol. The van der Waals surface area contributed by atoms with E-state index in [2.05, 4.69) is 29.0 Å². The molecule has 0 fully saturated rings. The first kappa shape index (κ1) is 18.5. The van der Waals surface area contributed by atoms with Crippen LogP contribution in [0.15, 0.2) is 36.7 Å². The summed E-state index contributed by atoms with van der Waals surface area (Å²) in [6, 6.07) is 7.46. The smallest absolute Gasteiger partial charge is 0.129 e. The molecule has 0 N–H and O–H groups in total. The lowest BCUT2D eigenvalue weighted by molar-refractivity contribution is 0.0156. The van der Waals surface area contributed by atoms with Crippen LogP contribution >= 0.6 is 11.6 Å². The number of benzene rings is 1. The molecule has 136 valence electrons. The Balaban J connectivity index is 2.09. The number of pyridine rings is 1. The van der Waals surface area contributed by atoms with Gasteiger partial charge in [0, 0.05) is 40.9 Å². The summed E-state index contributed by atoms with van der Waals surface area (Å²) in [5.74, 6) is 0.665. The van der Waals surface area contributed by atoms with Gasteiger partial charge < -0.3 is 9.47 Å². The molecule has 0 aliphatic rings. The maximum atomic E-state index is 6.09. The molecule has 0 aliphatic heterocycles. The number of ether oxygens (including phenoxy) is 2. The van der Waals surface area contributed by atoms with Gasteiger partial charge in [-0.3, -0.25) is 4.98 Å². The summed E-state index contributed by atoms with van der Waals surface area (Å²) < 4.78 is 11.0. The molecule has 0 bridgehead atoms. The van der Waals surface area contributed by atoms with E-state index in [0.29, 0.717) is 10.8 Å². The maximum absolute atomic E-state index is 6.09. The Morgan fingerprint density at radius 3 is 2.62 bits per heavy atom. The standard InChI is InChI=1S/C20H22ClN3O2/c1-20(2,26-4)9-7-17-16-12-22-10-8-14(16)19(24-23-17)15-6-5-13(21)11-18(15)25-3/h5-6,8,10-12H,7,9H2,1-4H3. The molecular formula is C20H22ClN3O2. The van der Waals surface area contributed by atoms with Gasteiger partial charge in [0.15, 0.2) is 0 Å². The van der Waals surface area contributed by atoms with Crippen LogP contribution in [0.5, 0.6) is 5.75 Å². The number of methoxy groups -OCH3 is 2. The third-order valence-corrected chi connectivity index (χ3v) is 4.83. The molecule has 0 spiro atoms. The lowest BCUT2D eigenvalue weighted by Crippen LogP contribution is -2.23. The SMILES string of the molecule is COc1cc(Cl)ccc1-c1nnc(CCC(C)(C)OC)c2cnccc12. The van der Waals surface area contributed by atoms with Crippen LogP contribution in [-0.2, 0) is 11.2 Å². The van der Waals surface area contributed by atoms with Crippen molar-refractivity contribution in [2.75, 3.05) is 14.2 Å². The Labute approximate surface area is 158 Å². The van der Waals surface area contributed by atoms with Gasteiger partial charge >= 0.3 is 0 Å². The number of aromatic nitrogens is 3. The van der Waals surface area contributed by atoms with Crippen LogP contribution in [-0.4, -0.2) is 35.0 Å². The van der Waals surface area contributed by atoms with Gasteiger partial charge in [-0.1, -0.05) is 11.6 Å². The minimum atomic E-state index is -0.214. The summed E-state index contributed by atoms with van der Waals surface area (Å²) in [6.45, 7) is 4.13. The fourth-order valence-corrected chi connectivity index (χ4v) is 2.98. The van der Waals surface area contributed by atoms with Crippen LogP contribution in [0.2, 0.25) is 5.02 Å². The van der Waals surface area contributed by atoms with Crippen LogP contribution < -0.4 is 4.74 Å². The van der Waals surface area contributed by atoms with Crippen molar-refractivity contribution < 1.29 is 9.47 Å². The first-order valence-electron chi connectivity index (χ1n) is 8.43. The molecule has 6 heteroatoms. The largest absolute Gasteiger partial charge is 0.496 e. The molecule has 3 aromatic rings. The summed E-state index contributed by atoms with van der Waals surface area (Å²) in [6.07, 6.45) is 5.20. The zero-order valence-electron chi connectivity index (χ0n) is 15.4. The van der Waals surface area contributed by atoms with E-state index in [1.165, 1.54) is 0 Å². The Bertz CT molecular complexity index is 928. The number of nitrogens with zero attached hydrogens (tertiary/aromatic N) is 3. The van der Waals surface area contributed by atoms with Crippen molar-refractivity contribution in [3.8, 4) is 17.0 Å². The van der Waals surface area contributed by atoms with Crippen LogP contribution in [0.1, 0.15) is 26.0 Å². The van der Waals surface area contributed by atoms with Crippen LogP contribution in [0.3, 0.4) is 0 Å². The first-order valence-corrected chi connectivity index (χ1v) is 8.81. The van der Waals surface area contributed by atoms with E-state index >= 15 is 0 Å². The molecule has 0 radical (unpaired) electrons. The third-order valence-electron chi connectivity index (χ3n) is 4.59. The second-order valence-corrected chi connectivity index (χ2v) is 7.16. The molecule has 2 heterocycles. The highest BCUT2D eigenvalue weighted by atomic mass is 35.5. The molecule has 3 rings (SSSR count). The van der Waals surface area contributed by atoms with Crippen LogP contribution in [0.25, 0.3) is 22.0 Å². The molecule has 5 nitrogen and oxygen atoms in total. The van der Waals surface area contributed by atoms with Crippen molar-refractivity contribution in [3.63, 3.8) is 0 Å². The highest BCUT2D eigenvalue weighted by molar-refractivity contribution is 6.30. The fraction of sp³-hybridized carbons (Fsp3) is 0.350. The first-order chi connectivity index (χ1) is 12.4. The average molecular weight is 372 g/mol. The van der Waals surface area contributed by atoms with E-state index in [-0.39, 0.29) is 5.60 Å². The van der Waals surface area contributed by atoms with E-state index in [1.807, 2.05) is 24.4 Å². The van der Waals surface area contributed by atoms with Gasteiger partial charge in [-0.05, 0) is 51.0 Å². The molecule has 0 atom stereocenters. The summed E-state index contributed by atoms with van der Waals surface area (Å²) in [7, 11) is 3.34. The molecule has 0 unspecified atom stereocenters. The number of aryl methyl sites for hydroxylation is 1. The number of hydrogen-bond acceptors (Lipinski definition) is 5. The van der Waals surface area contributed by atoms with Crippen molar-refractivity contribution in [3.05, 3.63) is 47.4 Å². The van der Waals surface area contributed by atoms with E-state index in [0.717, 1.165) is 40.6 Å². The van der Waals surface area contributed by atoms with Gasteiger partial charge in [-0.25, -0.2) is 0 Å². The summed E-state index contributed by atoms with van der Waals surface area (Å²) >= 11 is 6.09. The van der Waals surface area contributed by atoms with Crippen molar-refractivity contribution in [1.29, 1.82) is 0 Å². The fourth-order valence-electron chi connectivity index (χ4n) is 2.81. The van der Waals surface area contributed by atoms with Crippen molar-refractivity contribution >= 4 is 22.4 Å². The highest BCUT2D eigenvalue weighted by Gasteiger charge is 2.19. The molecule has 0 saturated heterocycles. The molecule has 0 saturated carbocycles. The molecule has 0 aliphatic carbocycles. The van der Waals surface area contributed by atoms with Crippen LogP contribution in [0, 0.1) is 0 Å². The van der Waals surface area contributed by atoms with Crippen molar-refractivity contribution in [1.82, 2.24) is 15.2 Å². The topological polar surface area (TPSA) is 57.1 Å². The highest BCUT2D eigenvalue weighted by Crippen LogP contribution is 2.35. The number of halogens is 1. The zero-order valence-corrected chi connectivity index (χ0v) is 16.2. The van der Waals surface area contributed by atoms with Crippen molar-refractivity contribution in [2.24, 2.45) is 0 Å². The minimum absolute atomic E-state index is 0.214. The number of hydrogen-bond donors (Lipinski definition) is 0. The Kier molecular flexibility index (Phi) is 5.39. The quantitative estimate of drug-likeness (QED) is 0.628. The molecule has 2 aromatic heterocycles. The summed E-state index contributed by atoms with van der Waals surface area (Å²) in [4.78, 5) is 4.28. The maximum Gasteiger partial charge on any atom is 0.129 e. The Hall–Kier alpha value is -2.24. The van der Waals surface area contributed by atoms with Gasteiger partial charge in [0.2, 0.25) is 0 Å². The predicted molar refractivity (Wildman–Crippen MR) is 104 cm³/mol.